The highest BCUT2D eigenvalue weighted by atomic mass is 79.9. The van der Waals surface area contributed by atoms with E-state index in [1.807, 2.05) is 0 Å². The Kier molecular flexibility index (Phi) is 6.28. The van der Waals surface area contributed by atoms with E-state index in [0.717, 1.165) is 0 Å². The number of sulfonamides is 1. The molecule has 0 radical (unpaired) electrons. The molecule has 1 aromatic heterocycles. The summed E-state index contributed by atoms with van der Waals surface area (Å²) in [7, 11) is -2.51. The van der Waals surface area contributed by atoms with Gasteiger partial charge in [-0.15, -0.1) is 0 Å². The Labute approximate surface area is 181 Å². The molecule has 30 heavy (non-hydrogen) atoms. The second kappa shape index (κ2) is 8.29. The number of nitrogens with zero attached hydrogens (tertiary/aromatic N) is 1. The van der Waals surface area contributed by atoms with Gasteiger partial charge in [0.25, 0.3) is 5.56 Å². The van der Waals surface area contributed by atoms with Crippen LogP contribution in [0.2, 0.25) is 0 Å². The Bertz CT molecular complexity index is 1130. The predicted octanol–water partition coefficient (Wildman–Crippen LogP) is 2.36. The highest BCUT2D eigenvalue weighted by molar-refractivity contribution is 9.10. The molecule has 164 valence electrons. The Morgan fingerprint density at radius 3 is 2.53 bits per heavy atom. The van der Waals surface area contributed by atoms with Gasteiger partial charge in [-0.25, -0.2) is 12.8 Å². The third-order valence-electron chi connectivity index (χ3n) is 5.22. The minimum absolute atomic E-state index is 0.0642. The van der Waals surface area contributed by atoms with Crippen LogP contribution >= 0.6 is 15.9 Å². The number of aromatic nitrogens is 1. The van der Waals surface area contributed by atoms with E-state index >= 15 is 0 Å². The van der Waals surface area contributed by atoms with Crippen LogP contribution < -0.4 is 15.6 Å². The number of hydrogen-bond donors (Lipinski definition) is 4. The zero-order chi connectivity index (χ0) is 22.3. The summed E-state index contributed by atoms with van der Waals surface area (Å²) >= 11 is 3.17. The van der Waals surface area contributed by atoms with E-state index in [0.29, 0.717) is 22.9 Å². The zero-order valence-corrected chi connectivity index (χ0v) is 18.8. The second-order valence-electron chi connectivity index (χ2n) is 7.53. The molecule has 1 aliphatic carbocycles. The molecule has 1 atom stereocenters. The van der Waals surface area contributed by atoms with Gasteiger partial charge in [0.2, 0.25) is 10.0 Å². The highest BCUT2D eigenvalue weighted by Crippen LogP contribution is 2.48. The van der Waals surface area contributed by atoms with Gasteiger partial charge in [-0.05, 0) is 50.5 Å². The molecule has 1 aliphatic rings. The number of aliphatic hydroxyl groups excluding tert-OH is 2. The third-order valence-corrected chi connectivity index (χ3v) is 7.91. The normalized spacial score (nSPS) is 16.2. The van der Waals surface area contributed by atoms with Crippen molar-refractivity contribution in [2.24, 2.45) is 7.05 Å². The van der Waals surface area contributed by atoms with Crippen LogP contribution in [0.5, 0.6) is 0 Å². The van der Waals surface area contributed by atoms with Crippen molar-refractivity contribution in [3.8, 4) is 0 Å². The molecule has 1 fully saturated rings. The van der Waals surface area contributed by atoms with E-state index in [4.69, 9.17) is 5.11 Å². The molecule has 0 bridgehead atoms. The molecule has 3 rings (SSSR count). The summed E-state index contributed by atoms with van der Waals surface area (Å²) in [5.74, 6) is -0.509. The molecule has 8 nitrogen and oxygen atoms in total. The minimum atomic E-state index is -3.96. The lowest BCUT2D eigenvalue weighted by atomic mass is 10.2. The lowest BCUT2D eigenvalue weighted by molar-refractivity contribution is 0.0858. The first-order valence-electron chi connectivity index (χ1n) is 9.24. The van der Waals surface area contributed by atoms with Gasteiger partial charge >= 0.3 is 0 Å². The first-order chi connectivity index (χ1) is 14.0. The van der Waals surface area contributed by atoms with Gasteiger partial charge in [-0.1, -0.05) is 15.9 Å². The fourth-order valence-electron chi connectivity index (χ4n) is 3.31. The van der Waals surface area contributed by atoms with Crippen molar-refractivity contribution >= 4 is 43.1 Å². The van der Waals surface area contributed by atoms with E-state index in [1.165, 1.54) is 29.8 Å². The summed E-state index contributed by atoms with van der Waals surface area (Å²) in [6, 6.07) is 5.70. The average Bonchev–Trinajstić information content (AvgIpc) is 3.45. The van der Waals surface area contributed by atoms with Crippen molar-refractivity contribution in [1.29, 1.82) is 0 Å². The largest absolute Gasteiger partial charge is 0.394 e. The summed E-state index contributed by atoms with van der Waals surface area (Å²) < 4.78 is 43.5. The van der Waals surface area contributed by atoms with Crippen LogP contribution in [0.25, 0.3) is 0 Å². The quantitative estimate of drug-likeness (QED) is 0.438. The molecule has 0 saturated heterocycles. The fourth-order valence-corrected chi connectivity index (χ4v) is 5.36. The molecule has 11 heteroatoms. The average molecular weight is 504 g/mol. The Morgan fingerprint density at radius 1 is 1.30 bits per heavy atom. The first-order valence-corrected chi connectivity index (χ1v) is 11.5. The molecule has 1 aromatic carbocycles. The lowest BCUT2D eigenvalue weighted by Crippen LogP contribution is -2.35. The summed E-state index contributed by atoms with van der Waals surface area (Å²) in [5.41, 5.74) is 0.0862. The predicted molar refractivity (Wildman–Crippen MR) is 116 cm³/mol. The van der Waals surface area contributed by atoms with E-state index in [2.05, 4.69) is 26.0 Å². The van der Waals surface area contributed by atoms with Crippen molar-refractivity contribution in [2.45, 2.75) is 37.0 Å². The molecular formula is C19H23BrFN3O5S. The smallest absolute Gasteiger partial charge is 0.254 e. The van der Waals surface area contributed by atoms with E-state index in [-0.39, 0.29) is 29.2 Å². The topological polar surface area (TPSA) is 121 Å². The van der Waals surface area contributed by atoms with Crippen LogP contribution in [0.3, 0.4) is 0 Å². The summed E-state index contributed by atoms with van der Waals surface area (Å²) in [6.45, 7) is 1.01. The SMILES string of the molecule is Cc1cc(NS(=O)(=O)C2(C[C@@H](O)CO)CC2)c(Nc2ccc(Br)cc2F)n(C)c1=O. The molecular weight excluding hydrogens is 481 g/mol. The van der Waals surface area contributed by atoms with Crippen LogP contribution in [0.4, 0.5) is 21.6 Å². The highest BCUT2D eigenvalue weighted by Gasteiger charge is 2.55. The maximum atomic E-state index is 14.3. The maximum absolute atomic E-state index is 14.3. The lowest BCUT2D eigenvalue weighted by Gasteiger charge is -2.23. The van der Waals surface area contributed by atoms with Crippen LogP contribution in [-0.2, 0) is 17.1 Å². The number of nitrogens with one attached hydrogen (secondary N) is 2. The molecule has 4 N–H and O–H groups in total. The van der Waals surface area contributed by atoms with Gasteiger partial charge in [0, 0.05) is 17.1 Å². The zero-order valence-electron chi connectivity index (χ0n) is 16.4. The number of halogens is 2. The van der Waals surface area contributed by atoms with Crippen LogP contribution in [0.1, 0.15) is 24.8 Å². The van der Waals surface area contributed by atoms with Gasteiger partial charge in [-0.2, -0.15) is 0 Å². The monoisotopic (exact) mass is 503 g/mol. The standard InChI is InChI=1S/C19H23BrFN3O5S/c1-11-7-16(23-30(28,29)19(5-6-19)9-13(26)10-25)17(24(2)18(11)27)22-15-4-3-12(20)8-14(15)21/h3-4,7-8,13,22-23,25-26H,5-6,9-10H2,1-2H3/t13-/m1/s1. The Hall–Kier alpha value is -1.95. The summed E-state index contributed by atoms with van der Waals surface area (Å²) in [5, 5.41) is 21.6. The molecule has 1 saturated carbocycles. The summed E-state index contributed by atoms with van der Waals surface area (Å²) in [4.78, 5) is 12.4. The van der Waals surface area contributed by atoms with Crippen molar-refractivity contribution < 1.29 is 23.0 Å². The van der Waals surface area contributed by atoms with Crippen molar-refractivity contribution in [3.63, 3.8) is 0 Å². The fraction of sp³-hybridized carbons (Fsp3) is 0.421. The number of anilines is 3. The minimum Gasteiger partial charge on any atom is -0.394 e. The molecule has 0 unspecified atom stereocenters. The second-order valence-corrected chi connectivity index (χ2v) is 10.5. The molecule has 0 spiro atoms. The number of pyridine rings is 1. The maximum Gasteiger partial charge on any atom is 0.254 e. The number of benzene rings is 1. The molecule has 2 aromatic rings. The number of aryl methyl sites for hydroxylation is 1. The van der Waals surface area contributed by atoms with Crippen LogP contribution in [-0.4, -0.2) is 40.7 Å². The van der Waals surface area contributed by atoms with E-state index in [1.54, 1.807) is 13.0 Å². The molecule has 1 heterocycles. The van der Waals surface area contributed by atoms with Crippen LogP contribution in [0.15, 0.2) is 33.5 Å². The van der Waals surface area contributed by atoms with Gasteiger partial charge in [0.1, 0.15) is 11.6 Å². The van der Waals surface area contributed by atoms with Gasteiger partial charge in [0.05, 0.1) is 28.8 Å². The number of hydrogen-bond acceptors (Lipinski definition) is 6. The van der Waals surface area contributed by atoms with Gasteiger partial charge < -0.3 is 15.5 Å². The third kappa shape index (κ3) is 4.39. The molecule has 0 aliphatic heterocycles. The van der Waals surface area contributed by atoms with Crippen molar-refractivity contribution in [3.05, 3.63) is 50.5 Å². The van der Waals surface area contributed by atoms with Crippen molar-refractivity contribution in [2.75, 3.05) is 16.6 Å². The van der Waals surface area contributed by atoms with E-state index < -0.39 is 33.3 Å². The van der Waals surface area contributed by atoms with Gasteiger partial charge in [-0.3, -0.25) is 14.1 Å². The van der Waals surface area contributed by atoms with E-state index in [9.17, 15) is 22.7 Å². The van der Waals surface area contributed by atoms with Gasteiger partial charge in [0.15, 0.2) is 0 Å². The van der Waals surface area contributed by atoms with Crippen LogP contribution in [0, 0.1) is 12.7 Å². The molecule has 0 amide bonds. The number of rotatable bonds is 8. The number of aliphatic hydroxyl groups is 2. The Morgan fingerprint density at radius 2 is 1.97 bits per heavy atom. The first kappa shape index (κ1) is 22.7. The Balaban J connectivity index is 2.01. The summed E-state index contributed by atoms with van der Waals surface area (Å²) in [6.07, 6.45) is -0.573. The van der Waals surface area contributed by atoms with Crippen molar-refractivity contribution in [1.82, 2.24) is 4.57 Å².